The Morgan fingerprint density at radius 3 is 2.75 bits per heavy atom. The maximum Gasteiger partial charge on any atom is 0.190 e. The van der Waals surface area contributed by atoms with E-state index in [0.717, 1.165) is 23.6 Å². The number of ether oxygens (including phenoxy) is 1. The molecule has 0 spiro atoms. The molecular weight excluding hydrogens is 272 g/mol. The van der Waals surface area contributed by atoms with Gasteiger partial charge < -0.3 is 9.64 Å². The monoisotopic (exact) mass is 290 g/mol. The van der Waals surface area contributed by atoms with Gasteiger partial charge in [-0.25, -0.2) is 4.98 Å². The lowest BCUT2D eigenvalue weighted by molar-refractivity contribution is 0.112. The standard InChI is InChI=1S/C15H18N2O2S/c1-4-17(13-8-6-5-7-11(13)2)15-16-12(10-19-3)14(9-18)20-15/h5-9H,4,10H2,1-3H3. The molecule has 2 rings (SSSR count). The van der Waals surface area contributed by atoms with Crippen molar-refractivity contribution in [3.63, 3.8) is 0 Å². The van der Waals surface area contributed by atoms with E-state index in [1.165, 1.54) is 16.9 Å². The summed E-state index contributed by atoms with van der Waals surface area (Å²) >= 11 is 1.40. The van der Waals surface area contributed by atoms with E-state index in [1.54, 1.807) is 7.11 Å². The molecule has 5 heteroatoms. The lowest BCUT2D eigenvalue weighted by atomic mass is 10.2. The van der Waals surface area contributed by atoms with E-state index >= 15 is 0 Å². The molecule has 1 heterocycles. The summed E-state index contributed by atoms with van der Waals surface area (Å²) in [5.41, 5.74) is 3.00. The number of para-hydroxylation sites is 1. The minimum atomic E-state index is 0.357. The molecule has 0 saturated heterocycles. The second-order valence-corrected chi connectivity index (χ2v) is 5.40. The van der Waals surface area contributed by atoms with Crippen molar-refractivity contribution in [1.82, 2.24) is 4.98 Å². The molecule has 2 aromatic rings. The fourth-order valence-electron chi connectivity index (χ4n) is 2.07. The smallest absolute Gasteiger partial charge is 0.190 e. The van der Waals surface area contributed by atoms with Crippen molar-refractivity contribution < 1.29 is 9.53 Å². The van der Waals surface area contributed by atoms with Crippen LogP contribution >= 0.6 is 11.3 Å². The zero-order valence-electron chi connectivity index (χ0n) is 11.9. The minimum absolute atomic E-state index is 0.357. The van der Waals surface area contributed by atoms with Gasteiger partial charge in [-0.05, 0) is 25.5 Å². The van der Waals surface area contributed by atoms with Crippen LogP contribution in [0.1, 0.15) is 27.9 Å². The first-order chi connectivity index (χ1) is 9.71. The van der Waals surface area contributed by atoms with Crippen LogP contribution in [0.15, 0.2) is 24.3 Å². The van der Waals surface area contributed by atoms with Crippen LogP contribution in [0.4, 0.5) is 10.8 Å². The number of methoxy groups -OCH3 is 1. The van der Waals surface area contributed by atoms with E-state index in [9.17, 15) is 4.79 Å². The normalized spacial score (nSPS) is 10.6. The van der Waals surface area contributed by atoms with E-state index in [2.05, 4.69) is 35.9 Å². The number of carbonyl (C=O) groups is 1. The summed E-state index contributed by atoms with van der Waals surface area (Å²) in [5.74, 6) is 0. The number of aryl methyl sites for hydroxylation is 1. The lowest BCUT2D eigenvalue weighted by Gasteiger charge is -2.21. The molecule has 0 radical (unpaired) electrons. The summed E-state index contributed by atoms with van der Waals surface area (Å²) < 4.78 is 5.09. The van der Waals surface area contributed by atoms with E-state index in [0.29, 0.717) is 17.2 Å². The van der Waals surface area contributed by atoms with Crippen LogP contribution in [-0.4, -0.2) is 24.9 Å². The van der Waals surface area contributed by atoms with Crippen LogP contribution in [0.5, 0.6) is 0 Å². The van der Waals surface area contributed by atoms with Gasteiger partial charge in [0.05, 0.1) is 17.2 Å². The molecule has 0 amide bonds. The van der Waals surface area contributed by atoms with Gasteiger partial charge in [-0.15, -0.1) is 0 Å². The summed E-state index contributed by atoms with van der Waals surface area (Å²) in [6, 6.07) is 8.16. The van der Waals surface area contributed by atoms with Gasteiger partial charge in [-0.3, -0.25) is 4.79 Å². The molecule has 106 valence electrons. The number of rotatable bonds is 6. The van der Waals surface area contributed by atoms with Crippen molar-refractivity contribution in [2.45, 2.75) is 20.5 Å². The molecule has 0 bridgehead atoms. The molecule has 1 aromatic carbocycles. The number of nitrogens with zero attached hydrogens (tertiary/aromatic N) is 2. The van der Waals surface area contributed by atoms with E-state index in [4.69, 9.17) is 4.74 Å². The van der Waals surface area contributed by atoms with E-state index < -0.39 is 0 Å². The van der Waals surface area contributed by atoms with Crippen LogP contribution in [0.3, 0.4) is 0 Å². The van der Waals surface area contributed by atoms with Gasteiger partial charge in [-0.1, -0.05) is 29.5 Å². The predicted molar refractivity (Wildman–Crippen MR) is 82.1 cm³/mol. The van der Waals surface area contributed by atoms with E-state index in [1.807, 2.05) is 12.1 Å². The number of hydrogen-bond donors (Lipinski definition) is 0. The highest BCUT2D eigenvalue weighted by Crippen LogP contribution is 2.32. The Balaban J connectivity index is 2.42. The number of anilines is 2. The van der Waals surface area contributed by atoms with Crippen LogP contribution < -0.4 is 4.90 Å². The first-order valence-electron chi connectivity index (χ1n) is 6.48. The molecule has 20 heavy (non-hydrogen) atoms. The molecule has 1 aromatic heterocycles. The Kier molecular flexibility index (Phi) is 4.87. The molecule has 0 saturated carbocycles. The molecular formula is C15H18N2O2S. The Bertz CT molecular complexity index is 595. The van der Waals surface area contributed by atoms with Gasteiger partial charge >= 0.3 is 0 Å². The fourth-order valence-corrected chi connectivity index (χ4v) is 3.03. The molecule has 0 aliphatic carbocycles. The van der Waals surface area contributed by atoms with Gasteiger partial charge in [-0.2, -0.15) is 0 Å². The largest absolute Gasteiger partial charge is 0.378 e. The van der Waals surface area contributed by atoms with Crippen molar-refractivity contribution in [2.75, 3.05) is 18.6 Å². The Hall–Kier alpha value is -1.72. The lowest BCUT2D eigenvalue weighted by Crippen LogP contribution is -2.16. The number of hydrogen-bond acceptors (Lipinski definition) is 5. The van der Waals surface area contributed by atoms with Gasteiger partial charge in [0, 0.05) is 19.3 Å². The van der Waals surface area contributed by atoms with Gasteiger partial charge in [0.15, 0.2) is 11.4 Å². The van der Waals surface area contributed by atoms with E-state index in [-0.39, 0.29) is 0 Å². The highest BCUT2D eigenvalue weighted by Gasteiger charge is 2.17. The average Bonchev–Trinajstić information content (AvgIpc) is 2.85. The van der Waals surface area contributed by atoms with Crippen LogP contribution in [-0.2, 0) is 11.3 Å². The highest BCUT2D eigenvalue weighted by atomic mass is 32.1. The third kappa shape index (κ3) is 2.89. The molecule has 0 N–H and O–H groups in total. The second-order valence-electron chi connectivity index (χ2n) is 4.39. The van der Waals surface area contributed by atoms with Crippen LogP contribution in [0.2, 0.25) is 0 Å². The van der Waals surface area contributed by atoms with Gasteiger partial charge in [0.1, 0.15) is 0 Å². The average molecular weight is 290 g/mol. The quantitative estimate of drug-likeness (QED) is 0.763. The summed E-state index contributed by atoms with van der Waals surface area (Å²) in [5, 5.41) is 0.830. The number of aromatic nitrogens is 1. The van der Waals surface area contributed by atoms with Crippen molar-refractivity contribution >= 4 is 28.4 Å². The van der Waals surface area contributed by atoms with Gasteiger partial charge in [0.2, 0.25) is 0 Å². The van der Waals surface area contributed by atoms with Crippen molar-refractivity contribution in [2.24, 2.45) is 0 Å². The zero-order valence-corrected chi connectivity index (χ0v) is 12.7. The minimum Gasteiger partial charge on any atom is -0.378 e. The third-order valence-electron chi connectivity index (χ3n) is 3.06. The molecule has 0 aliphatic rings. The first kappa shape index (κ1) is 14.7. The van der Waals surface area contributed by atoms with Crippen molar-refractivity contribution in [3.05, 3.63) is 40.4 Å². The first-order valence-corrected chi connectivity index (χ1v) is 7.29. The summed E-state index contributed by atoms with van der Waals surface area (Å²) in [6.07, 6.45) is 0.848. The maximum absolute atomic E-state index is 11.1. The Labute approximate surface area is 123 Å². The molecule has 0 atom stereocenters. The van der Waals surface area contributed by atoms with Gasteiger partial charge in [0.25, 0.3) is 0 Å². The highest BCUT2D eigenvalue weighted by molar-refractivity contribution is 7.17. The summed E-state index contributed by atoms with van der Waals surface area (Å²) in [7, 11) is 1.60. The third-order valence-corrected chi connectivity index (χ3v) is 4.10. The maximum atomic E-state index is 11.1. The fraction of sp³-hybridized carbons (Fsp3) is 0.333. The van der Waals surface area contributed by atoms with Crippen LogP contribution in [0, 0.1) is 6.92 Å². The Morgan fingerprint density at radius 2 is 2.15 bits per heavy atom. The number of thiazole rings is 1. The molecule has 4 nitrogen and oxygen atoms in total. The number of benzene rings is 1. The summed E-state index contributed by atoms with van der Waals surface area (Å²) in [6.45, 7) is 5.30. The van der Waals surface area contributed by atoms with Crippen LogP contribution in [0.25, 0.3) is 0 Å². The zero-order chi connectivity index (χ0) is 14.5. The number of carbonyl (C=O) groups excluding carboxylic acids is 1. The van der Waals surface area contributed by atoms with Crippen molar-refractivity contribution in [1.29, 1.82) is 0 Å². The SMILES string of the molecule is CCN(c1nc(COC)c(C=O)s1)c1ccccc1C. The Morgan fingerprint density at radius 1 is 1.40 bits per heavy atom. The molecule has 0 fully saturated rings. The van der Waals surface area contributed by atoms with Crippen molar-refractivity contribution in [3.8, 4) is 0 Å². The summed E-state index contributed by atoms with van der Waals surface area (Å²) in [4.78, 5) is 18.4. The predicted octanol–water partition coefficient (Wildman–Crippen LogP) is 3.57. The molecule has 0 unspecified atom stereocenters. The molecule has 0 aliphatic heterocycles. The topological polar surface area (TPSA) is 42.4 Å². The second kappa shape index (κ2) is 6.63. The number of aldehydes is 1.